The highest BCUT2D eigenvalue weighted by Crippen LogP contribution is 2.30. The summed E-state index contributed by atoms with van der Waals surface area (Å²) in [5.74, 6) is 0.981. The normalized spacial score (nSPS) is 13.3. The molecule has 2 N–H and O–H groups in total. The Kier molecular flexibility index (Phi) is 2.97. The van der Waals surface area contributed by atoms with Gasteiger partial charge in [0, 0.05) is 12.0 Å². The number of hydrogen-bond donors (Lipinski definition) is 2. The van der Waals surface area contributed by atoms with E-state index in [-0.39, 0.29) is 17.4 Å². The lowest BCUT2D eigenvalue weighted by Crippen LogP contribution is -2.16. The van der Waals surface area contributed by atoms with Gasteiger partial charge in [0.2, 0.25) is 5.88 Å². The molecule has 0 saturated carbocycles. The van der Waals surface area contributed by atoms with Gasteiger partial charge in [0.05, 0.1) is 12.2 Å². The maximum atomic E-state index is 12.0. The molecular weight excluding hydrogens is 256 g/mol. The maximum absolute atomic E-state index is 12.0. The van der Waals surface area contributed by atoms with E-state index in [0.717, 1.165) is 23.3 Å². The molecule has 2 heterocycles. The maximum Gasteiger partial charge on any atom is 0.258 e. The Morgan fingerprint density at radius 3 is 2.90 bits per heavy atom. The number of aromatic nitrogens is 2. The highest BCUT2D eigenvalue weighted by Gasteiger charge is 2.17. The number of nitrogens with one attached hydrogen (secondary N) is 1. The Bertz CT molecular complexity index is 720. The van der Waals surface area contributed by atoms with Gasteiger partial charge in [-0.1, -0.05) is 13.8 Å². The van der Waals surface area contributed by atoms with Gasteiger partial charge in [-0.25, -0.2) is 0 Å². The lowest BCUT2D eigenvalue weighted by Gasteiger charge is -2.09. The number of fused-ring (bicyclic) bond motifs is 1. The monoisotopic (exact) mass is 272 g/mol. The molecule has 0 bridgehead atoms. The Balaban J connectivity index is 2.09. The van der Waals surface area contributed by atoms with E-state index < -0.39 is 0 Å². The molecule has 20 heavy (non-hydrogen) atoms. The Morgan fingerprint density at radius 1 is 1.40 bits per heavy atom. The van der Waals surface area contributed by atoms with Crippen molar-refractivity contribution < 1.29 is 9.84 Å². The average molecular weight is 272 g/mol. The summed E-state index contributed by atoms with van der Waals surface area (Å²) in [5, 5.41) is 9.94. The predicted molar refractivity (Wildman–Crippen MR) is 75.2 cm³/mol. The fourth-order valence-corrected chi connectivity index (χ4v) is 2.46. The van der Waals surface area contributed by atoms with Crippen LogP contribution in [0.15, 0.2) is 23.0 Å². The minimum absolute atomic E-state index is 0.0753. The lowest BCUT2D eigenvalue weighted by atomic mass is 10.1. The molecule has 5 nitrogen and oxygen atoms in total. The molecule has 0 unspecified atom stereocenters. The molecule has 0 spiro atoms. The van der Waals surface area contributed by atoms with Gasteiger partial charge in [0.25, 0.3) is 5.56 Å². The molecule has 3 rings (SSSR count). The average Bonchev–Trinajstić information content (AvgIpc) is 2.84. The third kappa shape index (κ3) is 2.05. The zero-order valence-corrected chi connectivity index (χ0v) is 11.4. The first kappa shape index (κ1) is 12.7. The quantitative estimate of drug-likeness (QED) is 0.878. The van der Waals surface area contributed by atoms with Gasteiger partial charge in [-0.05, 0) is 29.7 Å². The molecule has 5 heteroatoms. The fourth-order valence-electron chi connectivity index (χ4n) is 2.46. The summed E-state index contributed by atoms with van der Waals surface area (Å²) < 4.78 is 5.45. The SMILES string of the molecule is CC(C)c1c(O)nc(-c2ccc3c(c2)CCO3)[nH]c1=O. The van der Waals surface area contributed by atoms with Gasteiger partial charge in [0.15, 0.2) is 0 Å². The Hall–Kier alpha value is -2.30. The zero-order chi connectivity index (χ0) is 14.3. The van der Waals surface area contributed by atoms with Crippen molar-refractivity contribution in [1.29, 1.82) is 0 Å². The second-order valence-corrected chi connectivity index (χ2v) is 5.23. The topological polar surface area (TPSA) is 75.2 Å². The molecule has 1 aliphatic rings. The van der Waals surface area contributed by atoms with Crippen molar-refractivity contribution in [3.05, 3.63) is 39.7 Å². The van der Waals surface area contributed by atoms with Gasteiger partial charge >= 0.3 is 0 Å². The smallest absolute Gasteiger partial charge is 0.258 e. The van der Waals surface area contributed by atoms with Crippen LogP contribution >= 0.6 is 0 Å². The second kappa shape index (κ2) is 4.67. The van der Waals surface area contributed by atoms with E-state index in [0.29, 0.717) is 18.0 Å². The van der Waals surface area contributed by atoms with Crippen LogP contribution < -0.4 is 10.3 Å². The van der Waals surface area contributed by atoms with Crippen LogP contribution in [0.1, 0.15) is 30.9 Å². The molecule has 0 saturated heterocycles. The minimum atomic E-state index is -0.292. The van der Waals surface area contributed by atoms with Gasteiger partial charge in [-0.15, -0.1) is 0 Å². The number of H-pyrrole nitrogens is 1. The number of hydrogen-bond acceptors (Lipinski definition) is 4. The van der Waals surface area contributed by atoms with Crippen LogP contribution in [0.2, 0.25) is 0 Å². The molecule has 104 valence electrons. The first-order chi connectivity index (χ1) is 9.56. The standard InChI is InChI=1S/C15H16N2O3/c1-8(2)12-14(18)16-13(17-15(12)19)10-3-4-11-9(7-10)5-6-20-11/h3-4,7-8H,5-6H2,1-2H3,(H2,16,17,18,19). The number of benzene rings is 1. The number of rotatable bonds is 2. The highest BCUT2D eigenvalue weighted by molar-refractivity contribution is 5.60. The van der Waals surface area contributed by atoms with Crippen LogP contribution in [0.3, 0.4) is 0 Å². The van der Waals surface area contributed by atoms with E-state index in [1.165, 1.54) is 0 Å². The molecular formula is C15H16N2O3. The van der Waals surface area contributed by atoms with Crippen LogP contribution in [0.4, 0.5) is 0 Å². The van der Waals surface area contributed by atoms with Crippen molar-refractivity contribution in [1.82, 2.24) is 9.97 Å². The van der Waals surface area contributed by atoms with Crippen LogP contribution in [-0.2, 0) is 6.42 Å². The van der Waals surface area contributed by atoms with E-state index >= 15 is 0 Å². The fraction of sp³-hybridized carbons (Fsp3) is 0.333. The molecule has 0 atom stereocenters. The first-order valence-corrected chi connectivity index (χ1v) is 6.65. The van der Waals surface area contributed by atoms with Gasteiger partial charge in [-0.3, -0.25) is 4.79 Å². The summed E-state index contributed by atoms with van der Waals surface area (Å²) >= 11 is 0. The number of aromatic hydroxyl groups is 1. The third-order valence-electron chi connectivity index (χ3n) is 3.48. The molecule has 1 aromatic carbocycles. The first-order valence-electron chi connectivity index (χ1n) is 6.65. The molecule has 1 aliphatic heterocycles. The molecule has 0 aliphatic carbocycles. The van der Waals surface area contributed by atoms with Crippen molar-refractivity contribution >= 4 is 0 Å². The van der Waals surface area contributed by atoms with Crippen molar-refractivity contribution in [2.45, 2.75) is 26.2 Å². The predicted octanol–water partition coefficient (Wildman–Crippen LogP) is 2.20. The van der Waals surface area contributed by atoms with Crippen LogP contribution in [-0.4, -0.2) is 21.7 Å². The molecule has 2 aromatic rings. The minimum Gasteiger partial charge on any atom is -0.493 e. The summed E-state index contributed by atoms with van der Waals surface area (Å²) in [4.78, 5) is 18.9. The lowest BCUT2D eigenvalue weighted by molar-refractivity contribution is 0.357. The van der Waals surface area contributed by atoms with Crippen molar-refractivity contribution in [3.8, 4) is 23.0 Å². The number of ether oxygens (including phenoxy) is 1. The van der Waals surface area contributed by atoms with Gasteiger partial charge in [-0.2, -0.15) is 4.98 Å². The summed E-state index contributed by atoms with van der Waals surface area (Å²) in [5.41, 5.74) is 1.90. The van der Waals surface area contributed by atoms with Crippen LogP contribution in [0.25, 0.3) is 11.4 Å². The van der Waals surface area contributed by atoms with Gasteiger partial charge < -0.3 is 14.8 Å². The number of aromatic amines is 1. The van der Waals surface area contributed by atoms with Gasteiger partial charge in [0.1, 0.15) is 11.6 Å². The summed E-state index contributed by atoms with van der Waals surface area (Å²) in [6, 6.07) is 5.64. The summed E-state index contributed by atoms with van der Waals surface area (Å²) in [7, 11) is 0. The summed E-state index contributed by atoms with van der Waals surface area (Å²) in [6.45, 7) is 4.37. The van der Waals surface area contributed by atoms with Crippen LogP contribution in [0, 0.1) is 0 Å². The summed E-state index contributed by atoms with van der Waals surface area (Å²) in [6.07, 6.45) is 0.851. The van der Waals surface area contributed by atoms with E-state index in [4.69, 9.17) is 4.74 Å². The highest BCUT2D eigenvalue weighted by atomic mass is 16.5. The zero-order valence-electron chi connectivity index (χ0n) is 11.4. The molecule has 1 aromatic heterocycles. The van der Waals surface area contributed by atoms with Crippen LogP contribution in [0.5, 0.6) is 11.6 Å². The van der Waals surface area contributed by atoms with E-state index in [2.05, 4.69) is 9.97 Å². The van der Waals surface area contributed by atoms with E-state index in [9.17, 15) is 9.90 Å². The molecule has 0 amide bonds. The van der Waals surface area contributed by atoms with Crippen molar-refractivity contribution in [3.63, 3.8) is 0 Å². The van der Waals surface area contributed by atoms with Crippen molar-refractivity contribution in [2.75, 3.05) is 6.61 Å². The molecule has 0 fully saturated rings. The Morgan fingerprint density at radius 2 is 2.20 bits per heavy atom. The second-order valence-electron chi connectivity index (χ2n) is 5.23. The molecule has 0 radical (unpaired) electrons. The van der Waals surface area contributed by atoms with E-state index in [1.807, 2.05) is 32.0 Å². The third-order valence-corrected chi connectivity index (χ3v) is 3.48. The number of nitrogens with zero attached hydrogens (tertiary/aromatic N) is 1. The van der Waals surface area contributed by atoms with E-state index in [1.54, 1.807) is 0 Å². The Labute approximate surface area is 116 Å². The van der Waals surface area contributed by atoms with Crippen molar-refractivity contribution in [2.24, 2.45) is 0 Å². The largest absolute Gasteiger partial charge is 0.493 e.